The fourth-order valence-electron chi connectivity index (χ4n) is 5.49. The van der Waals surface area contributed by atoms with Gasteiger partial charge in [0.05, 0.1) is 22.5 Å². The first kappa shape index (κ1) is 31.2. The van der Waals surface area contributed by atoms with E-state index in [0.29, 0.717) is 18.1 Å². The van der Waals surface area contributed by atoms with Crippen molar-refractivity contribution in [2.24, 2.45) is 5.92 Å². The van der Waals surface area contributed by atoms with Gasteiger partial charge in [-0.3, -0.25) is 4.79 Å². The normalized spacial score (nSPS) is 18.5. The van der Waals surface area contributed by atoms with Gasteiger partial charge in [-0.2, -0.15) is 13.2 Å². The van der Waals surface area contributed by atoms with E-state index in [1.165, 1.54) is 30.5 Å². The van der Waals surface area contributed by atoms with Crippen molar-refractivity contribution < 1.29 is 30.8 Å². The number of halogens is 4. The SMILES string of the molecule is C[C@H](NCC1CC1)c1ccc2c(c1)CCC[C@H]2NC(=O)C[C@@H](NS(=O)(=O)c1cccc(C(F)(F)F)c1)c1ccc(F)cc1. The number of nitrogens with one attached hydrogen (secondary N) is 3. The van der Waals surface area contributed by atoms with Crippen molar-refractivity contribution in [2.45, 2.75) is 74.6 Å². The summed E-state index contributed by atoms with van der Waals surface area (Å²) < 4.78 is 82.1. The molecule has 1 saturated carbocycles. The maximum Gasteiger partial charge on any atom is 0.416 e. The van der Waals surface area contributed by atoms with Crippen LogP contribution in [-0.2, 0) is 27.4 Å². The molecule has 0 radical (unpaired) electrons. The molecule has 0 unspecified atom stereocenters. The van der Waals surface area contributed by atoms with Gasteiger partial charge in [-0.1, -0.05) is 36.4 Å². The molecule has 1 fully saturated rings. The van der Waals surface area contributed by atoms with Crippen LogP contribution in [0, 0.1) is 11.7 Å². The molecule has 2 aliphatic carbocycles. The number of carbonyl (C=O) groups is 1. The number of aryl methyl sites for hydroxylation is 1. The molecule has 6 nitrogen and oxygen atoms in total. The van der Waals surface area contributed by atoms with E-state index in [4.69, 9.17) is 0 Å². The van der Waals surface area contributed by atoms with Crippen LogP contribution in [0.15, 0.2) is 71.6 Å². The van der Waals surface area contributed by atoms with Crippen molar-refractivity contribution in [1.82, 2.24) is 15.4 Å². The van der Waals surface area contributed by atoms with Crippen LogP contribution in [0.5, 0.6) is 0 Å². The zero-order valence-electron chi connectivity index (χ0n) is 23.8. The first-order chi connectivity index (χ1) is 20.4. The second-order valence-electron chi connectivity index (χ2n) is 11.5. The lowest BCUT2D eigenvalue weighted by molar-refractivity contribution is -0.137. The highest BCUT2D eigenvalue weighted by Crippen LogP contribution is 2.34. The molecule has 0 heterocycles. The summed E-state index contributed by atoms with van der Waals surface area (Å²) in [5.41, 5.74) is 2.55. The number of fused-ring (bicyclic) bond motifs is 1. The largest absolute Gasteiger partial charge is 0.416 e. The minimum Gasteiger partial charge on any atom is -0.349 e. The molecule has 0 aliphatic heterocycles. The molecule has 0 aromatic heterocycles. The Labute approximate surface area is 249 Å². The third-order valence-corrected chi connectivity index (χ3v) is 9.63. The molecule has 1 amide bonds. The lowest BCUT2D eigenvalue weighted by Gasteiger charge is -2.28. The first-order valence-corrected chi connectivity index (χ1v) is 16.0. The topological polar surface area (TPSA) is 87.3 Å². The third kappa shape index (κ3) is 8.01. The minimum atomic E-state index is -4.73. The average molecular weight is 618 g/mol. The van der Waals surface area contributed by atoms with Crippen LogP contribution < -0.4 is 15.4 Å². The number of benzene rings is 3. The van der Waals surface area contributed by atoms with Gasteiger partial charge >= 0.3 is 6.18 Å². The lowest BCUT2D eigenvalue weighted by atomic mass is 9.85. The summed E-state index contributed by atoms with van der Waals surface area (Å²) in [6, 6.07) is 13.4. The van der Waals surface area contributed by atoms with Gasteiger partial charge in [-0.05, 0) is 104 Å². The molecule has 3 N–H and O–H groups in total. The fourth-order valence-corrected chi connectivity index (χ4v) is 6.76. The van der Waals surface area contributed by atoms with E-state index < -0.39 is 44.4 Å². The molecule has 2 aliphatic rings. The smallest absolute Gasteiger partial charge is 0.349 e. The molecule has 5 rings (SSSR count). The number of carbonyl (C=O) groups excluding carboxylic acids is 1. The Morgan fingerprint density at radius 1 is 0.977 bits per heavy atom. The van der Waals surface area contributed by atoms with E-state index >= 15 is 0 Å². The Kier molecular flexibility index (Phi) is 9.24. The second kappa shape index (κ2) is 12.8. The number of hydrogen-bond donors (Lipinski definition) is 3. The molecule has 3 atom stereocenters. The van der Waals surface area contributed by atoms with E-state index in [1.807, 2.05) is 6.07 Å². The third-order valence-electron chi connectivity index (χ3n) is 8.16. The number of hydrogen-bond acceptors (Lipinski definition) is 4. The van der Waals surface area contributed by atoms with Crippen LogP contribution in [0.3, 0.4) is 0 Å². The lowest BCUT2D eigenvalue weighted by Crippen LogP contribution is -2.36. The van der Waals surface area contributed by atoms with Crippen LogP contribution in [0.25, 0.3) is 0 Å². The number of sulfonamides is 1. The van der Waals surface area contributed by atoms with Gasteiger partial charge in [0, 0.05) is 12.5 Å². The Hall–Kier alpha value is -3.28. The summed E-state index contributed by atoms with van der Waals surface area (Å²) in [6.07, 6.45) is -0.0423. The molecule has 11 heteroatoms. The summed E-state index contributed by atoms with van der Waals surface area (Å²) in [5, 5.41) is 6.61. The Balaban J connectivity index is 1.32. The quantitative estimate of drug-likeness (QED) is 0.214. The van der Waals surface area contributed by atoms with E-state index in [9.17, 15) is 30.8 Å². The van der Waals surface area contributed by atoms with Gasteiger partial charge < -0.3 is 10.6 Å². The highest BCUT2D eigenvalue weighted by molar-refractivity contribution is 7.89. The van der Waals surface area contributed by atoms with Crippen molar-refractivity contribution in [3.63, 3.8) is 0 Å². The molecule has 0 saturated heterocycles. The Morgan fingerprint density at radius 2 is 1.70 bits per heavy atom. The van der Waals surface area contributed by atoms with Crippen LogP contribution in [0.1, 0.15) is 85.0 Å². The monoisotopic (exact) mass is 617 g/mol. The maximum absolute atomic E-state index is 13.7. The molecular formula is C32H35F4N3O3S. The summed E-state index contributed by atoms with van der Waals surface area (Å²) in [4.78, 5) is 12.7. The zero-order chi connectivity index (χ0) is 30.8. The summed E-state index contributed by atoms with van der Waals surface area (Å²) in [7, 11) is -4.48. The predicted octanol–water partition coefficient (Wildman–Crippen LogP) is 6.51. The van der Waals surface area contributed by atoms with Crippen molar-refractivity contribution in [1.29, 1.82) is 0 Å². The molecule has 43 heavy (non-hydrogen) atoms. The van der Waals surface area contributed by atoms with Gasteiger partial charge in [0.2, 0.25) is 15.9 Å². The van der Waals surface area contributed by atoms with Crippen LogP contribution in [0.4, 0.5) is 17.6 Å². The minimum absolute atomic E-state index is 0.210. The van der Waals surface area contributed by atoms with E-state index in [0.717, 1.165) is 66.8 Å². The predicted molar refractivity (Wildman–Crippen MR) is 155 cm³/mol. The molecule has 3 aromatic carbocycles. The van der Waals surface area contributed by atoms with Crippen LogP contribution in [-0.4, -0.2) is 20.9 Å². The average Bonchev–Trinajstić information content (AvgIpc) is 3.80. The van der Waals surface area contributed by atoms with Gasteiger partial charge in [-0.25, -0.2) is 17.5 Å². The zero-order valence-corrected chi connectivity index (χ0v) is 24.6. The number of amides is 1. The van der Waals surface area contributed by atoms with E-state index in [1.54, 1.807) is 0 Å². The molecule has 0 spiro atoms. The molecule has 230 valence electrons. The fraction of sp³-hybridized carbons (Fsp3) is 0.406. The van der Waals surface area contributed by atoms with Crippen molar-refractivity contribution in [3.05, 3.63) is 100 Å². The van der Waals surface area contributed by atoms with Gasteiger partial charge in [0.25, 0.3) is 0 Å². The van der Waals surface area contributed by atoms with Crippen LogP contribution >= 0.6 is 0 Å². The van der Waals surface area contributed by atoms with E-state index in [-0.39, 0.29) is 18.5 Å². The van der Waals surface area contributed by atoms with Crippen LogP contribution in [0.2, 0.25) is 0 Å². The summed E-state index contributed by atoms with van der Waals surface area (Å²) in [5.74, 6) is -0.224. The van der Waals surface area contributed by atoms with Gasteiger partial charge in [0.15, 0.2) is 0 Å². The second-order valence-corrected chi connectivity index (χ2v) is 13.2. The van der Waals surface area contributed by atoms with Crippen molar-refractivity contribution in [2.75, 3.05) is 6.54 Å². The first-order valence-electron chi connectivity index (χ1n) is 14.5. The Bertz CT molecular complexity index is 1560. The molecular weight excluding hydrogens is 582 g/mol. The number of rotatable bonds is 11. The van der Waals surface area contributed by atoms with Gasteiger partial charge in [0.1, 0.15) is 5.82 Å². The summed E-state index contributed by atoms with van der Waals surface area (Å²) >= 11 is 0. The van der Waals surface area contributed by atoms with Gasteiger partial charge in [-0.15, -0.1) is 0 Å². The van der Waals surface area contributed by atoms with Crippen molar-refractivity contribution >= 4 is 15.9 Å². The van der Waals surface area contributed by atoms with Crippen molar-refractivity contribution in [3.8, 4) is 0 Å². The summed E-state index contributed by atoms with van der Waals surface area (Å²) in [6.45, 7) is 3.14. The highest BCUT2D eigenvalue weighted by atomic mass is 32.2. The Morgan fingerprint density at radius 3 is 2.40 bits per heavy atom. The molecule has 0 bridgehead atoms. The maximum atomic E-state index is 13.7. The number of alkyl halides is 3. The highest BCUT2D eigenvalue weighted by Gasteiger charge is 2.33. The van der Waals surface area contributed by atoms with E-state index in [2.05, 4.69) is 34.4 Å². The standard InChI is InChI=1S/C32H35F4N3O3S/c1-20(37-19-21-8-9-21)23-12-15-28-24(16-23)4-2-7-29(28)38-31(40)18-30(22-10-13-26(33)14-11-22)39-43(41,42)27-6-3-5-25(17-27)32(34,35)36/h3,5-6,10-17,20-21,29-30,37,39H,2,4,7-9,18-19H2,1H3,(H,38,40)/t20-,29+,30+/m0/s1. The molecule has 3 aromatic rings.